The van der Waals surface area contributed by atoms with Crippen molar-refractivity contribution in [3.05, 3.63) is 41.6 Å². The number of nitrogens with two attached hydrogens (primary N) is 1. The van der Waals surface area contributed by atoms with Crippen molar-refractivity contribution in [1.29, 1.82) is 0 Å². The first kappa shape index (κ1) is 11.1. The maximum atomic E-state index is 5.77. The summed E-state index contributed by atoms with van der Waals surface area (Å²) in [4.78, 5) is 5.36. The van der Waals surface area contributed by atoms with Crippen LogP contribution in [0.15, 0.2) is 33.9 Å². The topological polar surface area (TPSA) is 52.0 Å². The van der Waals surface area contributed by atoms with Gasteiger partial charge in [-0.25, -0.2) is 4.98 Å². The summed E-state index contributed by atoms with van der Waals surface area (Å²) in [5.74, 6) is 1.71. The number of nitrogens with zero attached hydrogens (tertiary/aromatic N) is 1. The van der Waals surface area contributed by atoms with E-state index in [2.05, 4.69) is 11.1 Å². The summed E-state index contributed by atoms with van der Waals surface area (Å²) >= 11 is 1.74. The zero-order valence-corrected chi connectivity index (χ0v) is 10.2. The molecule has 0 spiro atoms. The quantitative estimate of drug-likeness (QED) is 0.654. The average Bonchev–Trinajstić information content (AvgIpc) is 2.66. The zero-order chi connectivity index (χ0) is 11.5. The van der Waals surface area contributed by atoms with E-state index in [1.807, 2.05) is 26.0 Å². The fraction of sp³-hybridized carbons (Fsp3) is 0.250. The fourth-order valence-electron chi connectivity index (χ4n) is 1.36. The predicted molar refractivity (Wildman–Crippen MR) is 66.4 cm³/mol. The van der Waals surface area contributed by atoms with Crippen LogP contribution in [0.4, 0.5) is 5.69 Å². The van der Waals surface area contributed by atoms with Gasteiger partial charge in [0.2, 0.25) is 0 Å². The monoisotopic (exact) mass is 234 g/mol. The number of oxazole rings is 1. The van der Waals surface area contributed by atoms with Gasteiger partial charge in [0.1, 0.15) is 5.76 Å². The smallest absolute Gasteiger partial charge is 0.181 e. The summed E-state index contributed by atoms with van der Waals surface area (Å²) in [6, 6.07) is 6.06. The molecule has 0 atom stereocenters. The van der Waals surface area contributed by atoms with Gasteiger partial charge in [-0.3, -0.25) is 0 Å². The largest absolute Gasteiger partial charge is 0.448 e. The summed E-state index contributed by atoms with van der Waals surface area (Å²) in [6.07, 6.45) is 1.49. The summed E-state index contributed by atoms with van der Waals surface area (Å²) < 4.78 is 5.15. The van der Waals surface area contributed by atoms with Gasteiger partial charge in [-0.15, -0.1) is 11.8 Å². The van der Waals surface area contributed by atoms with Gasteiger partial charge in [0.15, 0.2) is 6.39 Å². The molecule has 0 aliphatic rings. The molecular formula is C12H14N2OS. The lowest BCUT2D eigenvalue weighted by Crippen LogP contribution is -1.89. The normalized spacial score (nSPS) is 10.6. The molecule has 1 aromatic carbocycles. The van der Waals surface area contributed by atoms with E-state index in [1.54, 1.807) is 11.8 Å². The summed E-state index contributed by atoms with van der Waals surface area (Å²) in [5.41, 5.74) is 8.71. The third-order valence-corrected chi connectivity index (χ3v) is 3.47. The van der Waals surface area contributed by atoms with Gasteiger partial charge in [0.05, 0.1) is 5.69 Å². The first-order chi connectivity index (χ1) is 7.66. The van der Waals surface area contributed by atoms with E-state index >= 15 is 0 Å². The Morgan fingerprint density at radius 1 is 1.38 bits per heavy atom. The van der Waals surface area contributed by atoms with Crippen LogP contribution >= 0.6 is 11.8 Å². The summed E-state index contributed by atoms with van der Waals surface area (Å²) in [7, 11) is 0. The van der Waals surface area contributed by atoms with Crippen LogP contribution in [0.2, 0.25) is 0 Å². The molecule has 0 amide bonds. The number of rotatable bonds is 3. The number of anilines is 1. The minimum atomic E-state index is 0.825. The maximum Gasteiger partial charge on any atom is 0.181 e. The second-order valence-corrected chi connectivity index (χ2v) is 4.71. The molecule has 0 saturated carbocycles. The maximum absolute atomic E-state index is 5.77. The highest BCUT2D eigenvalue weighted by atomic mass is 32.2. The third kappa shape index (κ3) is 2.39. The number of hydrogen-bond donors (Lipinski definition) is 1. The Hall–Kier alpha value is -1.42. The number of benzene rings is 1. The van der Waals surface area contributed by atoms with Crippen molar-refractivity contribution in [3.8, 4) is 0 Å². The van der Waals surface area contributed by atoms with E-state index in [1.165, 1.54) is 11.3 Å². The van der Waals surface area contributed by atoms with E-state index in [4.69, 9.17) is 10.2 Å². The van der Waals surface area contributed by atoms with Gasteiger partial charge in [-0.1, -0.05) is 0 Å². The lowest BCUT2D eigenvalue weighted by atomic mass is 10.2. The van der Waals surface area contributed by atoms with E-state index in [0.717, 1.165) is 28.5 Å². The highest BCUT2D eigenvalue weighted by Crippen LogP contribution is 2.26. The molecule has 0 radical (unpaired) electrons. The molecule has 0 bridgehead atoms. The molecule has 0 fully saturated rings. The van der Waals surface area contributed by atoms with Gasteiger partial charge < -0.3 is 10.2 Å². The molecule has 0 aliphatic heterocycles. The zero-order valence-electron chi connectivity index (χ0n) is 9.36. The van der Waals surface area contributed by atoms with Crippen LogP contribution in [-0.4, -0.2) is 4.98 Å². The molecule has 0 aliphatic carbocycles. The SMILES string of the molecule is Cc1cc(SCc2ncoc2C)ccc1N. The van der Waals surface area contributed by atoms with Crippen LogP contribution in [-0.2, 0) is 5.75 Å². The second kappa shape index (κ2) is 4.61. The molecule has 1 heterocycles. The standard InChI is InChI=1S/C12H14N2OS/c1-8-5-10(3-4-11(8)13)16-6-12-9(2)15-7-14-12/h3-5,7H,6,13H2,1-2H3. The van der Waals surface area contributed by atoms with Crippen molar-refractivity contribution >= 4 is 17.4 Å². The van der Waals surface area contributed by atoms with Gasteiger partial charge in [-0.05, 0) is 37.6 Å². The molecule has 16 heavy (non-hydrogen) atoms. The number of aromatic nitrogens is 1. The van der Waals surface area contributed by atoms with Crippen molar-refractivity contribution in [1.82, 2.24) is 4.98 Å². The number of thioether (sulfide) groups is 1. The molecule has 4 heteroatoms. The lowest BCUT2D eigenvalue weighted by Gasteiger charge is -2.03. The molecule has 2 N–H and O–H groups in total. The van der Waals surface area contributed by atoms with E-state index in [-0.39, 0.29) is 0 Å². The third-order valence-electron chi connectivity index (χ3n) is 2.46. The first-order valence-corrected chi connectivity index (χ1v) is 6.03. The summed E-state index contributed by atoms with van der Waals surface area (Å²) in [5, 5.41) is 0. The van der Waals surface area contributed by atoms with Crippen LogP contribution in [0, 0.1) is 13.8 Å². The Balaban J connectivity index is 2.05. The molecule has 0 unspecified atom stereocenters. The number of aryl methyl sites for hydroxylation is 2. The van der Waals surface area contributed by atoms with E-state index in [0.29, 0.717) is 0 Å². The Morgan fingerprint density at radius 2 is 2.19 bits per heavy atom. The van der Waals surface area contributed by atoms with Gasteiger partial charge >= 0.3 is 0 Å². The van der Waals surface area contributed by atoms with Crippen molar-refractivity contribution in [2.75, 3.05) is 5.73 Å². The Morgan fingerprint density at radius 3 is 2.81 bits per heavy atom. The number of hydrogen-bond acceptors (Lipinski definition) is 4. The van der Waals surface area contributed by atoms with Crippen molar-refractivity contribution in [2.24, 2.45) is 0 Å². The van der Waals surface area contributed by atoms with Crippen molar-refractivity contribution in [3.63, 3.8) is 0 Å². The number of nitrogen functional groups attached to an aromatic ring is 1. The van der Waals surface area contributed by atoms with Crippen LogP contribution in [0.5, 0.6) is 0 Å². The summed E-state index contributed by atoms with van der Waals surface area (Å²) in [6.45, 7) is 3.94. The molecular weight excluding hydrogens is 220 g/mol. The highest BCUT2D eigenvalue weighted by molar-refractivity contribution is 7.98. The predicted octanol–water partition coefficient (Wildman–Crippen LogP) is 3.17. The van der Waals surface area contributed by atoms with Gasteiger partial charge in [-0.2, -0.15) is 0 Å². The van der Waals surface area contributed by atoms with Gasteiger partial charge in [0, 0.05) is 16.3 Å². The Labute approximate surface area is 99.1 Å². The van der Waals surface area contributed by atoms with Crippen LogP contribution in [0.3, 0.4) is 0 Å². The minimum Gasteiger partial charge on any atom is -0.448 e. The fourth-order valence-corrected chi connectivity index (χ4v) is 2.36. The lowest BCUT2D eigenvalue weighted by molar-refractivity contribution is 0.525. The molecule has 2 rings (SSSR count). The molecule has 2 aromatic rings. The Kier molecular flexibility index (Phi) is 3.19. The molecule has 84 valence electrons. The van der Waals surface area contributed by atoms with Crippen LogP contribution in [0.25, 0.3) is 0 Å². The highest BCUT2D eigenvalue weighted by Gasteiger charge is 2.04. The van der Waals surface area contributed by atoms with Gasteiger partial charge in [0.25, 0.3) is 0 Å². The molecule has 0 saturated heterocycles. The minimum absolute atomic E-state index is 0.825. The molecule has 1 aromatic heterocycles. The Bertz CT molecular complexity index is 494. The molecule has 3 nitrogen and oxygen atoms in total. The van der Waals surface area contributed by atoms with E-state index < -0.39 is 0 Å². The van der Waals surface area contributed by atoms with Crippen molar-refractivity contribution in [2.45, 2.75) is 24.5 Å². The van der Waals surface area contributed by atoms with Crippen molar-refractivity contribution < 1.29 is 4.42 Å². The van der Waals surface area contributed by atoms with Crippen LogP contribution in [0.1, 0.15) is 17.0 Å². The van der Waals surface area contributed by atoms with Crippen LogP contribution < -0.4 is 5.73 Å². The average molecular weight is 234 g/mol. The van der Waals surface area contributed by atoms with E-state index in [9.17, 15) is 0 Å². The first-order valence-electron chi connectivity index (χ1n) is 5.04. The second-order valence-electron chi connectivity index (χ2n) is 3.66.